The van der Waals surface area contributed by atoms with Gasteiger partial charge < -0.3 is 13.7 Å². The van der Waals surface area contributed by atoms with Gasteiger partial charge in [0.05, 0.1) is 11.1 Å². The summed E-state index contributed by atoms with van der Waals surface area (Å²) in [6.45, 7) is 9.16. The summed E-state index contributed by atoms with van der Waals surface area (Å²) in [5.74, 6) is 3.57. The zero-order valence-electron chi connectivity index (χ0n) is 37.0. The minimum Gasteiger partial charge on any atom is -0.459 e. The number of hydrogen-bond acceptors (Lipinski definition) is 3. The molecular formula is C62H47NO2. The van der Waals surface area contributed by atoms with Gasteiger partial charge in [-0.25, -0.2) is 0 Å². The van der Waals surface area contributed by atoms with Crippen molar-refractivity contribution in [2.75, 3.05) is 4.90 Å². The van der Waals surface area contributed by atoms with Crippen LogP contribution in [0, 0.1) is 0 Å². The molecule has 0 unspecified atom stereocenters. The van der Waals surface area contributed by atoms with E-state index >= 15 is 0 Å². The molecule has 12 rings (SSSR count). The Bertz CT molecular complexity index is 3390. The Morgan fingerprint density at radius 1 is 0.323 bits per heavy atom. The third kappa shape index (κ3) is 6.03. The lowest BCUT2D eigenvalue weighted by Crippen LogP contribution is -2.16. The third-order valence-electron chi connectivity index (χ3n) is 13.8. The van der Waals surface area contributed by atoms with Crippen LogP contribution in [0.5, 0.6) is 0 Å². The lowest BCUT2D eigenvalue weighted by molar-refractivity contribution is 0.383. The van der Waals surface area contributed by atoms with E-state index in [9.17, 15) is 0 Å². The van der Waals surface area contributed by atoms with Gasteiger partial charge in [0.25, 0.3) is 0 Å². The van der Waals surface area contributed by atoms with Crippen LogP contribution in [-0.4, -0.2) is 0 Å². The zero-order chi connectivity index (χ0) is 43.9. The Morgan fingerprint density at radius 3 is 1.32 bits per heavy atom. The smallest absolute Gasteiger partial charge is 0.142 e. The Labute approximate surface area is 380 Å². The SMILES string of the molecule is CC1(C)c2ccccc2-c2ccc(N(c3ccc(-c4oc5c(c4-c4ccccc4)-c4c(oc(-c6ccccc6)c4-c4ccccc4)C5(C)C)cc3)c3ccccc3-c3ccccc3)cc21. The largest absolute Gasteiger partial charge is 0.459 e. The fraction of sp³-hybridized carbons (Fsp3) is 0.0968. The van der Waals surface area contributed by atoms with Crippen LogP contribution in [0.1, 0.15) is 50.3 Å². The fourth-order valence-electron chi connectivity index (χ4n) is 10.6. The van der Waals surface area contributed by atoms with Crippen molar-refractivity contribution in [2.45, 2.75) is 38.5 Å². The highest BCUT2D eigenvalue weighted by atomic mass is 16.4. The number of hydrogen-bond donors (Lipinski definition) is 0. The second kappa shape index (κ2) is 14.9. The maximum atomic E-state index is 7.27. The van der Waals surface area contributed by atoms with Crippen LogP contribution < -0.4 is 4.90 Å². The monoisotopic (exact) mass is 837 g/mol. The summed E-state index contributed by atoms with van der Waals surface area (Å²) < 4.78 is 14.3. The summed E-state index contributed by atoms with van der Waals surface area (Å²) in [6.07, 6.45) is 0. The maximum absolute atomic E-state index is 7.27. The van der Waals surface area contributed by atoms with Crippen LogP contribution in [0.4, 0.5) is 17.1 Å². The van der Waals surface area contributed by atoms with Crippen molar-refractivity contribution < 1.29 is 8.83 Å². The molecule has 2 aliphatic rings. The van der Waals surface area contributed by atoms with Gasteiger partial charge in [-0.3, -0.25) is 0 Å². The third-order valence-corrected chi connectivity index (χ3v) is 13.8. The van der Waals surface area contributed by atoms with Gasteiger partial charge in [0.1, 0.15) is 23.0 Å². The first-order valence-electron chi connectivity index (χ1n) is 22.6. The van der Waals surface area contributed by atoms with Crippen LogP contribution in [0.15, 0.2) is 221 Å². The van der Waals surface area contributed by atoms with E-state index in [1.54, 1.807) is 0 Å². The van der Waals surface area contributed by atoms with Gasteiger partial charge in [0.2, 0.25) is 0 Å². The van der Waals surface area contributed by atoms with Crippen LogP contribution in [-0.2, 0) is 10.8 Å². The van der Waals surface area contributed by atoms with Crippen molar-refractivity contribution in [3.8, 4) is 78.3 Å². The molecule has 0 bridgehead atoms. The van der Waals surface area contributed by atoms with Gasteiger partial charge >= 0.3 is 0 Å². The summed E-state index contributed by atoms with van der Waals surface area (Å²) in [5, 5.41) is 0. The maximum Gasteiger partial charge on any atom is 0.142 e. The number of benzene rings is 8. The Hall–Kier alpha value is -7.88. The molecule has 0 saturated carbocycles. The zero-order valence-corrected chi connectivity index (χ0v) is 37.0. The summed E-state index contributed by atoms with van der Waals surface area (Å²) in [6, 6.07) is 76.2. The molecule has 2 aliphatic carbocycles. The van der Waals surface area contributed by atoms with Gasteiger partial charge in [-0.1, -0.05) is 184 Å². The molecule has 3 heteroatoms. The Morgan fingerprint density at radius 2 is 0.754 bits per heavy atom. The number of fused-ring (bicyclic) bond motifs is 6. The van der Waals surface area contributed by atoms with E-state index in [-0.39, 0.29) is 5.41 Å². The van der Waals surface area contributed by atoms with Crippen molar-refractivity contribution in [2.24, 2.45) is 0 Å². The second-order valence-electron chi connectivity index (χ2n) is 18.4. The number of nitrogens with zero attached hydrogens (tertiary/aromatic N) is 1. The summed E-state index contributed by atoms with van der Waals surface area (Å²) in [7, 11) is 0. The van der Waals surface area contributed by atoms with E-state index in [0.29, 0.717) is 0 Å². The predicted molar refractivity (Wildman–Crippen MR) is 268 cm³/mol. The molecule has 0 fully saturated rings. The molecule has 10 aromatic rings. The number of anilines is 3. The molecule has 3 nitrogen and oxygen atoms in total. The lowest BCUT2D eigenvalue weighted by atomic mass is 9.82. The Balaban J connectivity index is 1.05. The minimum absolute atomic E-state index is 0.144. The van der Waals surface area contributed by atoms with Gasteiger partial charge in [0, 0.05) is 55.7 Å². The highest BCUT2D eigenvalue weighted by molar-refractivity contribution is 6.05. The quantitative estimate of drug-likeness (QED) is 0.153. The molecule has 65 heavy (non-hydrogen) atoms. The van der Waals surface area contributed by atoms with Crippen LogP contribution in [0.3, 0.4) is 0 Å². The molecule has 2 heterocycles. The van der Waals surface area contributed by atoms with Crippen LogP contribution in [0.2, 0.25) is 0 Å². The number of para-hydroxylation sites is 1. The van der Waals surface area contributed by atoms with Gasteiger partial charge in [-0.15, -0.1) is 0 Å². The highest BCUT2D eigenvalue weighted by Crippen LogP contribution is 2.62. The molecule has 0 radical (unpaired) electrons. The van der Waals surface area contributed by atoms with Gasteiger partial charge in [0.15, 0.2) is 0 Å². The van der Waals surface area contributed by atoms with Crippen LogP contribution in [0.25, 0.3) is 78.3 Å². The Kier molecular flexibility index (Phi) is 8.86. The minimum atomic E-state index is -0.540. The van der Waals surface area contributed by atoms with Crippen molar-refractivity contribution in [1.82, 2.24) is 0 Å². The molecular weight excluding hydrogens is 791 g/mol. The molecule has 0 aliphatic heterocycles. The van der Waals surface area contributed by atoms with Crippen molar-refractivity contribution >= 4 is 17.1 Å². The normalized spacial score (nSPS) is 13.8. The average molecular weight is 838 g/mol. The van der Waals surface area contributed by atoms with E-state index in [1.165, 1.54) is 27.8 Å². The standard InChI is InChI=1S/C62H47NO2/c1-61(2)50-31-19-17-30-48(50)49-38-37-46(39-51(49)61)63(52-32-20-18-29-47(52)40-21-9-5-10-22-40)45-35-33-44(34-36-45)58-54(42-25-13-7-14-26-42)56-55-53(41-23-11-6-12-24-41)57(43-27-15-8-16-28-43)64-59(55)62(3,4)60(56)65-58/h5-39H,1-4H3. The first-order valence-corrected chi connectivity index (χ1v) is 22.6. The first-order chi connectivity index (χ1) is 31.8. The van der Waals surface area contributed by atoms with Crippen molar-refractivity contribution in [3.63, 3.8) is 0 Å². The van der Waals surface area contributed by atoms with E-state index in [2.05, 4.69) is 245 Å². The average Bonchev–Trinajstić information content (AvgIpc) is 4.07. The highest BCUT2D eigenvalue weighted by Gasteiger charge is 2.48. The van der Waals surface area contributed by atoms with Gasteiger partial charge in [-0.05, 0) is 95.3 Å². The molecule has 312 valence electrons. The van der Waals surface area contributed by atoms with Gasteiger partial charge in [-0.2, -0.15) is 0 Å². The molecule has 2 aromatic heterocycles. The van der Waals surface area contributed by atoms with E-state index in [1.807, 2.05) is 0 Å². The van der Waals surface area contributed by atoms with Crippen LogP contribution >= 0.6 is 0 Å². The first kappa shape index (κ1) is 38.8. The summed E-state index contributed by atoms with van der Waals surface area (Å²) >= 11 is 0. The van der Waals surface area contributed by atoms with E-state index in [4.69, 9.17) is 8.83 Å². The molecule has 8 aromatic carbocycles. The molecule has 0 saturated heterocycles. The topological polar surface area (TPSA) is 29.5 Å². The summed E-state index contributed by atoms with van der Waals surface area (Å²) in [4.78, 5) is 2.42. The molecule has 0 amide bonds. The van der Waals surface area contributed by atoms with E-state index < -0.39 is 5.41 Å². The van der Waals surface area contributed by atoms with Crippen molar-refractivity contribution in [3.05, 3.63) is 235 Å². The summed E-state index contributed by atoms with van der Waals surface area (Å²) in [5.41, 5.74) is 18.9. The number of rotatable bonds is 8. The van der Waals surface area contributed by atoms with E-state index in [0.717, 1.165) is 90.2 Å². The predicted octanol–water partition coefficient (Wildman–Crippen LogP) is 17.3. The fourth-order valence-corrected chi connectivity index (χ4v) is 10.6. The van der Waals surface area contributed by atoms with Crippen molar-refractivity contribution in [1.29, 1.82) is 0 Å². The second-order valence-corrected chi connectivity index (χ2v) is 18.4. The lowest BCUT2D eigenvalue weighted by Gasteiger charge is -2.30. The molecule has 0 atom stereocenters. The number of furan rings is 2. The molecule has 0 spiro atoms. The molecule has 0 N–H and O–H groups in total.